The van der Waals surface area contributed by atoms with E-state index in [9.17, 15) is 0 Å². The second-order valence-corrected chi connectivity index (χ2v) is 10.2. The predicted molar refractivity (Wildman–Crippen MR) is 148 cm³/mol. The third kappa shape index (κ3) is 15.3. The summed E-state index contributed by atoms with van der Waals surface area (Å²) in [5.41, 5.74) is 1.18. The van der Waals surface area contributed by atoms with E-state index in [0.717, 1.165) is 39.1 Å². The molecule has 3 unspecified atom stereocenters. The highest BCUT2D eigenvalue weighted by Crippen LogP contribution is 2.22. The highest BCUT2D eigenvalue weighted by molar-refractivity contribution is 5.13. The standard InChI is InChI=1S/C31H54O5/c1-3-4-5-6-7-8-9-15-20-30-31(36-24-23-35-30)21-16-10-11-17-22-33-26-29(32-2)27-34-25-28-18-13-12-14-19-28/h12-14,18-19,29-31H,3-11,15-17,20-27H2,1-2H3. The molecular formula is C31H54O5. The molecule has 1 saturated heterocycles. The molecule has 2 rings (SSSR count). The van der Waals surface area contributed by atoms with Gasteiger partial charge in [0.2, 0.25) is 0 Å². The highest BCUT2D eigenvalue weighted by atomic mass is 16.6. The number of ether oxygens (including phenoxy) is 5. The van der Waals surface area contributed by atoms with Gasteiger partial charge in [-0.05, 0) is 24.8 Å². The van der Waals surface area contributed by atoms with E-state index in [-0.39, 0.29) is 12.2 Å². The van der Waals surface area contributed by atoms with Crippen LogP contribution >= 0.6 is 0 Å². The van der Waals surface area contributed by atoms with E-state index in [4.69, 9.17) is 23.7 Å². The van der Waals surface area contributed by atoms with Crippen LogP contribution in [0.1, 0.15) is 102 Å². The molecule has 1 aromatic rings. The van der Waals surface area contributed by atoms with Crippen LogP contribution in [0, 0.1) is 0 Å². The zero-order chi connectivity index (χ0) is 25.5. The van der Waals surface area contributed by atoms with Crippen molar-refractivity contribution in [1.82, 2.24) is 0 Å². The Kier molecular flexibility index (Phi) is 19.1. The average Bonchev–Trinajstić information content (AvgIpc) is 2.92. The molecule has 0 N–H and O–H groups in total. The van der Waals surface area contributed by atoms with Crippen LogP contribution in [0.25, 0.3) is 0 Å². The molecule has 0 aliphatic carbocycles. The lowest BCUT2D eigenvalue weighted by molar-refractivity contribution is -0.145. The summed E-state index contributed by atoms with van der Waals surface area (Å²) in [5, 5.41) is 0. The van der Waals surface area contributed by atoms with Gasteiger partial charge in [-0.15, -0.1) is 0 Å². The molecule has 36 heavy (non-hydrogen) atoms. The van der Waals surface area contributed by atoms with Crippen molar-refractivity contribution < 1.29 is 23.7 Å². The zero-order valence-electron chi connectivity index (χ0n) is 23.3. The molecule has 0 bridgehead atoms. The minimum absolute atomic E-state index is 0.0184. The molecule has 5 heteroatoms. The summed E-state index contributed by atoms with van der Waals surface area (Å²) in [6.07, 6.45) is 18.5. The number of hydrogen-bond donors (Lipinski definition) is 0. The molecule has 0 aromatic heterocycles. The highest BCUT2D eigenvalue weighted by Gasteiger charge is 2.25. The molecular weight excluding hydrogens is 452 g/mol. The molecule has 1 fully saturated rings. The predicted octanol–water partition coefficient (Wildman–Crippen LogP) is 7.50. The van der Waals surface area contributed by atoms with Crippen molar-refractivity contribution >= 4 is 0 Å². The quantitative estimate of drug-likeness (QED) is 0.144. The Hall–Kier alpha value is -0.980. The first-order valence-corrected chi connectivity index (χ1v) is 14.8. The topological polar surface area (TPSA) is 46.2 Å². The van der Waals surface area contributed by atoms with Gasteiger partial charge in [-0.3, -0.25) is 0 Å². The molecule has 3 atom stereocenters. The van der Waals surface area contributed by atoms with Crippen molar-refractivity contribution in [2.24, 2.45) is 0 Å². The van der Waals surface area contributed by atoms with E-state index in [0.29, 0.717) is 25.9 Å². The lowest BCUT2D eigenvalue weighted by Crippen LogP contribution is -2.38. The zero-order valence-corrected chi connectivity index (χ0v) is 23.3. The second kappa shape index (κ2) is 22.0. The van der Waals surface area contributed by atoms with Gasteiger partial charge in [0, 0.05) is 13.7 Å². The van der Waals surface area contributed by atoms with Crippen molar-refractivity contribution in [3.63, 3.8) is 0 Å². The summed E-state index contributed by atoms with van der Waals surface area (Å²) in [4.78, 5) is 0. The molecule has 1 heterocycles. The van der Waals surface area contributed by atoms with Crippen LogP contribution in [0.3, 0.4) is 0 Å². The SMILES string of the molecule is CCCCCCCCCCC1OCCOC1CCCCCCOCC(COCc1ccccc1)OC. The molecule has 208 valence electrons. The smallest absolute Gasteiger partial charge is 0.104 e. The van der Waals surface area contributed by atoms with Gasteiger partial charge in [0.15, 0.2) is 0 Å². The van der Waals surface area contributed by atoms with Crippen LogP contribution in [0.5, 0.6) is 0 Å². The first-order valence-electron chi connectivity index (χ1n) is 14.8. The largest absolute Gasteiger partial charge is 0.379 e. The first-order chi connectivity index (χ1) is 17.8. The molecule has 0 saturated carbocycles. The first kappa shape index (κ1) is 31.2. The van der Waals surface area contributed by atoms with Gasteiger partial charge in [0.05, 0.1) is 45.2 Å². The van der Waals surface area contributed by atoms with Crippen LogP contribution < -0.4 is 0 Å². The number of rotatable bonds is 23. The van der Waals surface area contributed by atoms with E-state index in [1.165, 1.54) is 76.2 Å². The Morgan fingerprint density at radius 1 is 0.722 bits per heavy atom. The van der Waals surface area contributed by atoms with Gasteiger partial charge < -0.3 is 23.7 Å². The molecule has 1 aromatic carbocycles. The monoisotopic (exact) mass is 506 g/mol. The Labute approximate surface area is 221 Å². The lowest BCUT2D eigenvalue weighted by atomic mass is 9.99. The second-order valence-electron chi connectivity index (χ2n) is 10.2. The van der Waals surface area contributed by atoms with Crippen LogP contribution in [0.15, 0.2) is 30.3 Å². The maximum atomic E-state index is 6.08. The molecule has 5 nitrogen and oxygen atoms in total. The summed E-state index contributed by atoms with van der Waals surface area (Å²) in [6, 6.07) is 10.2. The van der Waals surface area contributed by atoms with E-state index >= 15 is 0 Å². The number of unbranched alkanes of at least 4 members (excludes halogenated alkanes) is 10. The summed E-state index contributed by atoms with van der Waals surface area (Å²) < 4.78 is 29.3. The normalized spacial score (nSPS) is 18.9. The van der Waals surface area contributed by atoms with E-state index in [1.54, 1.807) is 7.11 Å². The fraction of sp³-hybridized carbons (Fsp3) is 0.806. The van der Waals surface area contributed by atoms with Gasteiger partial charge in [0.1, 0.15) is 6.10 Å². The van der Waals surface area contributed by atoms with E-state index in [1.807, 2.05) is 18.2 Å². The number of methoxy groups -OCH3 is 1. The van der Waals surface area contributed by atoms with Crippen LogP contribution in [0.2, 0.25) is 0 Å². The van der Waals surface area contributed by atoms with Gasteiger partial charge >= 0.3 is 0 Å². The number of benzene rings is 1. The Morgan fingerprint density at radius 2 is 1.28 bits per heavy atom. The summed E-state index contributed by atoms with van der Waals surface area (Å²) in [5.74, 6) is 0. The van der Waals surface area contributed by atoms with Crippen molar-refractivity contribution in [3.8, 4) is 0 Å². The Bertz CT molecular complexity index is 596. The summed E-state index contributed by atoms with van der Waals surface area (Å²) in [7, 11) is 1.72. The molecule has 0 radical (unpaired) electrons. The van der Waals surface area contributed by atoms with Crippen molar-refractivity contribution in [1.29, 1.82) is 0 Å². The maximum Gasteiger partial charge on any atom is 0.104 e. The van der Waals surface area contributed by atoms with Crippen molar-refractivity contribution in [2.75, 3.05) is 40.1 Å². The van der Waals surface area contributed by atoms with Gasteiger partial charge in [-0.1, -0.05) is 108 Å². The van der Waals surface area contributed by atoms with E-state index in [2.05, 4.69) is 19.1 Å². The summed E-state index contributed by atoms with van der Waals surface area (Å²) in [6.45, 7) is 6.31. The maximum absolute atomic E-state index is 6.08. The average molecular weight is 507 g/mol. The Balaban J connectivity index is 1.43. The van der Waals surface area contributed by atoms with Crippen LogP contribution in [-0.4, -0.2) is 58.5 Å². The minimum atomic E-state index is -0.0184. The van der Waals surface area contributed by atoms with Crippen molar-refractivity contribution in [3.05, 3.63) is 35.9 Å². The number of hydrogen-bond acceptors (Lipinski definition) is 5. The fourth-order valence-electron chi connectivity index (χ4n) is 4.82. The lowest BCUT2D eigenvalue weighted by Gasteiger charge is -2.32. The van der Waals surface area contributed by atoms with Gasteiger partial charge in [-0.25, -0.2) is 0 Å². The van der Waals surface area contributed by atoms with Gasteiger partial charge in [-0.2, -0.15) is 0 Å². The third-order valence-electron chi connectivity index (χ3n) is 7.08. The van der Waals surface area contributed by atoms with Crippen LogP contribution in [0.4, 0.5) is 0 Å². The molecule has 1 aliphatic rings. The third-order valence-corrected chi connectivity index (χ3v) is 7.08. The fourth-order valence-corrected chi connectivity index (χ4v) is 4.82. The van der Waals surface area contributed by atoms with Crippen LogP contribution in [-0.2, 0) is 30.3 Å². The van der Waals surface area contributed by atoms with Crippen molar-refractivity contribution in [2.45, 2.75) is 122 Å². The summed E-state index contributed by atoms with van der Waals surface area (Å²) >= 11 is 0. The minimum Gasteiger partial charge on any atom is -0.379 e. The molecule has 1 aliphatic heterocycles. The molecule has 0 amide bonds. The van der Waals surface area contributed by atoms with Gasteiger partial charge in [0.25, 0.3) is 0 Å². The van der Waals surface area contributed by atoms with E-state index < -0.39 is 0 Å². The Morgan fingerprint density at radius 3 is 1.89 bits per heavy atom. The molecule has 0 spiro atoms.